The maximum Gasteiger partial charge on any atom is 0.227 e. The molecule has 1 aromatic heterocycles. The van der Waals surface area contributed by atoms with Crippen LogP contribution in [0, 0.1) is 0 Å². The average molecular weight is 272 g/mol. The van der Waals surface area contributed by atoms with Gasteiger partial charge in [-0.15, -0.1) is 11.3 Å². The lowest BCUT2D eigenvalue weighted by Gasteiger charge is -2.27. The minimum absolute atomic E-state index is 0.162. The van der Waals surface area contributed by atoms with Crippen LogP contribution >= 0.6 is 11.3 Å². The van der Waals surface area contributed by atoms with Crippen LogP contribution < -0.4 is 5.73 Å². The molecule has 0 unspecified atom stereocenters. The number of rotatable bonds is 2. The Morgan fingerprint density at radius 3 is 3.00 bits per heavy atom. The van der Waals surface area contributed by atoms with Gasteiger partial charge < -0.3 is 10.6 Å². The number of benzene rings is 1. The van der Waals surface area contributed by atoms with E-state index in [9.17, 15) is 4.79 Å². The van der Waals surface area contributed by atoms with Gasteiger partial charge in [0.25, 0.3) is 0 Å². The first-order valence-corrected chi connectivity index (χ1v) is 7.28. The number of thiophene rings is 1. The lowest BCUT2D eigenvalue weighted by molar-refractivity contribution is -0.131. The van der Waals surface area contributed by atoms with Gasteiger partial charge in [-0.25, -0.2) is 0 Å². The van der Waals surface area contributed by atoms with E-state index in [1.54, 1.807) is 11.3 Å². The van der Waals surface area contributed by atoms with Crippen LogP contribution in [0.2, 0.25) is 0 Å². The molecule has 0 bridgehead atoms. The molecule has 0 saturated carbocycles. The Kier molecular flexibility index (Phi) is 3.25. The molecule has 0 radical (unpaired) electrons. The molecule has 0 atom stereocenters. The summed E-state index contributed by atoms with van der Waals surface area (Å²) in [6.07, 6.45) is 1.37. The number of nitrogen functional groups attached to an aromatic ring is 1. The van der Waals surface area contributed by atoms with Gasteiger partial charge in [-0.3, -0.25) is 4.79 Å². The predicted molar refractivity (Wildman–Crippen MR) is 78.0 cm³/mol. The van der Waals surface area contributed by atoms with Crippen molar-refractivity contribution in [3.8, 4) is 0 Å². The van der Waals surface area contributed by atoms with E-state index < -0.39 is 0 Å². The highest BCUT2D eigenvalue weighted by Gasteiger charge is 2.21. The number of carbonyl (C=O) groups excluding carboxylic acids is 1. The highest BCUT2D eigenvalue weighted by atomic mass is 32.1. The van der Waals surface area contributed by atoms with Crippen molar-refractivity contribution < 1.29 is 4.79 Å². The first kappa shape index (κ1) is 12.2. The number of hydrogen-bond acceptors (Lipinski definition) is 3. The molecule has 3 nitrogen and oxygen atoms in total. The van der Waals surface area contributed by atoms with Crippen LogP contribution in [-0.2, 0) is 24.2 Å². The van der Waals surface area contributed by atoms with Gasteiger partial charge in [0.05, 0.1) is 6.42 Å². The summed E-state index contributed by atoms with van der Waals surface area (Å²) in [6.45, 7) is 1.56. The molecular formula is C15H16N2OS. The summed E-state index contributed by atoms with van der Waals surface area (Å²) in [5, 5.41) is 2.10. The molecule has 0 aliphatic carbocycles. The molecule has 0 spiro atoms. The van der Waals surface area contributed by atoms with Crippen molar-refractivity contribution >= 4 is 22.9 Å². The number of amides is 1. The van der Waals surface area contributed by atoms with Crippen molar-refractivity contribution in [3.63, 3.8) is 0 Å². The molecule has 2 aromatic rings. The zero-order valence-corrected chi connectivity index (χ0v) is 11.5. The van der Waals surface area contributed by atoms with Crippen LogP contribution in [0.3, 0.4) is 0 Å². The third kappa shape index (κ3) is 2.49. The van der Waals surface area contributed by atoms with Gasteiger partial charge in [0.15, 0.2) is 0 Å². The van der Waals surface area contributed by atoms with Crippen molar-refractivity contribution in [1.29, 1.82) is 0 Å². The molecule has 2 N–H and O–H groups in total. The summed E-state index contributed by atoms with van der Waals surface area (Å²) in [5.74, 6) is 0.162. The van der Waals surface area contributed by atoms with Gasteiger partial charge in [-0.05, 0) is 35.1 Å². The van der Waals surface area contributed by atoms with E-state index in [0.29, 0.717) is 12.1 Å². The quantitative estimate of drug-likeness (QED) is 0.854. The van der Waals surface area contributed by atoms with Crippen molar-refractivity contribution in [2.45, 2.75) is 19.4 Å². The van der Waals surface area contributed by atoms with Gasteiger partial charge in [0.1, 0.15) is 0 Å². The maximum atomic E-state index is 12.3. The molecule has 0 saturated heterocycles. The van der Waals surface area contributed by atoms with Gasteiger partial charge in [0, 0.05) is 23.7 Å². The average Bonchev–Trinajstić information content (AvgIpc) is 2.88. The van der Waals surface area contributed by atoms with Gasteiger partial charge in [-0.2, -0.15) is 0 Å². The zero-order valence-electron chi connectivity index (χ0n) is 10.6. The third-order valence-corrected chi connectivity index (χ3v) is 4.58. The third-order valence-electron chi connectivity index (χ3n) is 3.56. The minimum Gasteiger partial charge on any atom is -0.398 e. The summed E-state index contributed by atoms with van der Waals surface area (Å²) >= 11 is 1.79. The number of para-hydroxylation sites is 1. The summed E-state index contributed by atoms with van der Waals surface area (Å²) in [7, 11) is 0. The van der Waals surface area contributed by atoms with Gasteiger partial charge in [0.2, 0.25) is 5.91 Å². The van der Waals surface area contributed by atoms with Crippen LogP contribution in [-0.4, -0.2) is 17.4 Å². The summed E-state index contributed by atoms with van der Waals surface area (Å²) < 4.78 is 0. The number of nitrogens with zero attached hydrogens (tertiary/aromatic N) is 1. The second-order valence-corrected chi connectivity index (χ2v) is 5.81. The largest absolute Gasteiger partial charge is 0.398 e. The van der Waals surface area contributed by atoms with Crippen LogP contribution in [0.25, 0.3) is 0 Å². The first-order chi connectivity index (χ1) is 9.24. The van der Waals surface area contributed by atoms with Crippen LogP contribution in [0.1, 0.15) is 16.0 Å². The smallest absolute Gasteiger partial charge is 0.227 e. The number of carbonyl (C=O) groups is 1. The number of hydrogen-bond donors (Lipinski definition) is 1. The fraction of sp³-hybridized carbons (Fsp3) is 0.267. The second-order valence-electron chi connectivity index (χ2n) is 4.81. The molecule has 4 heteroatoms. The van der Waals surface area contributed by atoms with E-state index in [1.807, 2.05) is 29.2 Å². The standard InChI is InChI=1S/C15H16N2OS/c16-13-4-2-1-3-11(13)9-15(18)17-7-5-14-12(10-17)6-8-19-14/h1-4,6,8H,5,7,9-10,16H2. The number of fused-ring (bicyclic) bond motifs is 1. The normalized spacial score (nSPS) is 14.2. The number of nitrogens with two attached hydrogens (primary N) is 1. The van der Waals surface area contributed by atoms with E-state index in [4.69, 9.17) is 5.73 Å². The van der Waals surface area contributed by atoms with Crippen LogP contribution in [0.5, 0.6) is 0 Å². The lowest BCUT2D eigenvalue weighted by Crippen LogP contribution is -2.36. The Balaban J connectivity index is 1.71. The fourth-order valence-corrected chi connectivity index (χ4v) is 3.32. The molecule has 1 aliphatic heterocycles. The molecule has 19 heavy (non-hydrogen) atoms. The van der Waals surface area contributed by atoms with E-state index >= 15 is 0 Å². The fourth-order valence-electron chi connectivity index (χ4n) is 2.43. The molecule has 0 fully saturated rings. The van der Waals surface area contributed by atoms with Crippen molar-refractivity contribution in [1.82, 2.24) is 4.90 Å². The molecule has 3 rings (SSSR count). The van der Waals surface area contributed by atoms with E-state index in [1.165, 1.54) is 10.4 Å². The SMILES string of the molecule is Nc1ccccc1CC(=O)N1CCc2sccc2C1. The lowest BCUT2D eigenvalue weighted by atomic mass is 10.1. The molecule has 1 aliphatic rings. The topological polar surface area (TPSA) is 46.3 Å². The molecular weight excluding hydrogens is 256 g/mol. The Morgan fingerprint density at radius 2 is 2.16 bits per heavy atom. The highest BCUT2D eigenvalue weighted by Crippen LogP contribution is 2.24. The van der Waals surface area contributed by atoms with E-state index in [2.05, 4.69) is 11.4 Å². The Morgan fingerprint density at radius 1 is 1.32 bits per heavy atom. The summed E-state index contributed by atoms with van der Waals surface area (Å²) in [6, 6.07) is 9.70. The highest BCUT2D eigenvalue weighted by molar-refractivity contribution is 7.10. The Bertz CT molecular complexity index is 606. The summed E-state index contributed by atoms with van der Waals surface area (Å²) in [4.78, 5) is 15.7. The first-order valence-electron chi connectivity index (χ1n) is 6.40. The Hall–Kier alpha value is -1.81. The van der Waals surface area contributed by atoms with Gasteiger partial charge in [-0.1, -0.05) is 18.2 Å². The zero-order chi connectivity index (χ0) is 13.2. The van der Waals surface area contributed by atoms with Gasteiger partial charge >= 0.3 is 0 Å². The minimum atomic E-state index is 0.162. The Labute approximate surface area is 116 Å². The maximum absolute atomic E-state index is 12.3. The molecule has 1 amide bonds. The van der Waals surface area contributed by atoms with E-state index in [0.717, 1.165) is 25.1 Å². The molecule has 98 valence electrons. The van der Waals surface area contributed by atoms with Crippen LogP contribution in [0.4, 0.5) is 5.69 Å². The molecule has 1 aromatic carbocycles. The predicted octanol–water partition coefficient (Wildman–Crippen LogP) is 2.46. The van der Waals surface area contributed by atoms with Crippen LogP contribution in [0.15, 0.2) is 35.7 Å². The molecule has 2 heterocycles. The second kappa shape index (κ2) is 5.05. The van der Waals surface area contributed by atoms with Crippen molar-refractivity contribution in [2.75, 3.05) is 12.3 Å². The van der Waals surface area contributed by atoms with E-state index in [-0.39, 0.29) is 5.91 Å². The van der Waals surface area contributed by atoms with Crippen molar-refractivity contribution in [3.05, 3.63) is 51.7 Å². The monoisotopic (exact) mass is 272 g/mol. The number of anilines is 1. The summed E-state index contributed by atoms with van der Waals surface area (Å²) in [5.41, 5.74) is 8.80. The van der Waals surface area contributed by atoms with Crippen molar-refractivity contribution in [2.24, 2.45) is 0 Å².